The highest BCUT2D eigenvalue weighted by atomic mass is 19.4. The molecule has 6 nitrogen and oxygen atoms in total. The predicted molar refractivity (Wildman–Crippen MR) is 138 cm³/mol. The molecule has 0 aliphatic carbocycles. The Labute approximate surface area is 246 Å². The first kappa shape index (κ1) is 33.4. The second-order valence-electron chi connectivity index (χ2n) is 10.8. The summed E-state index contributed by atoms with van der Waals surface area (Å²) in [5, 5.41) is 0. The third-order valence-corrected chi connectivity index (χ3v) is 7.63. The molecule has 0 spiro atoms. The number of nitrogens with zero attached hydrogens (tertiary/aromatic N) is 2. The van der Waals surface area contributed by atoms with Gasteiger partial charge in [-0.05, 0) is 60.7 Å². The zero-order chi connectivity index (χ0) is 32.6. The van der Waals surface area contributed by atoms with Crippen LogP contribution in [-0.4, -0.2) is 42.8 Å². The van der Waals surface area contributed by atoms with Gasteiger partial charge in [0.2, 0.25) is 5.91 Å². The summed E-state index contributed by atoms with van der Waals surface area (Å²) in [6, 6.07) is 1.78. The van der Waals surface area contributed by atoms with Crippen molar-refractivity contribution in [2.24, 2.45) is 0 Å². The van der Waals surface area contributed by atoms with E-state index in [-0.39, 0.29) is 42.3 Å². The molecule has 2 amide bonds. The highest BCUT2D eigenvalue weighted by Crippen LogP contribution is 2.44. The maximum absolute atomic E-state index is 14.0. The summed E-state index contributed by atoms with van der Waals surface area (Å²) in [4.78, 5) is 28.2. The molecule has 0 bridgehead atoms. The van der Waals surface area contributed by atoms with E-state index < -0.39 is 71.5 Å². The van der Waals surface area contributed by atoms with Crippen molar-refractivity contribution in [3.63, 3.8) is 0 Å². The minimum atomic E-state index is -5.12. The van der Waals surface area contributed by atoms with Crippen LogP contribution in [0.5, 0.6) is 0 Å². The number of hydrogen-bond acceptors (Lipinski definition) is 4. The maximum Gasteiger partial charge on any atom is 0.416 e. The Morgan fingerprint density at radius 1 is 0.886 bits per heavy atom. The minimum Gasteiger partial charge on any atom is -0.446 e. The van der Waals surface area contributed by atoms with Crippen molar-refractivity contribution in [3.05, 3.63) is 63.7 Å². The zero-order valence-corrected chi connectivity index (χ0v) is 23.6. The Morgan fingerprint density at radius 2 is 1.48 bits per heavy atom. The van der Waals surface area contributed by atoms with E-state index in [0.29, 0.717) is 38.2 Å². The van der Waals surface area contributed by atoms with Gasteiger partial charge in [0, 0.05) is 32.9 Å². The van der Waals surface area contributed by atoms with Crippen molar-refractivity contribution in [2.45, 2.75) is 76.8 Å². The van der Waals surface area contributed by atoms with E-state index >= 15 is 0 Å². The van der Waals surface area contributed by atoms with Crippen LogP contribution in [0.1, 0.15) is 72.0 Å². The summed E-state index contributed by atoms with van der Waals surface area (Å²) in [7, 11) is 0. The van der Waals surface area contributed by atoms with Crippen LogP contribution in [0.15, 0.2) is 30.3 Å². The molecule has 2 heterocycles. The molecule has 4 rings (SSSR count). The highest BCUT2D eigenvalue weighted by molar-refractivity contribution is 5.90. The van der Waals surface area contributed by atoms with Crippen molar-refractivity contribution < 1.29 is 58.6 Å². The lowest BCUT2D eigenvalue weighted by Crippen LogP contribution is -2.37. The van der Waals surface area contributed by atoms with Crippen LogP contribution < -0.4 is 4.90 Å². The van der Waals surface area contributed by atoms with Gasteiger partial charge in [-0.3, -0.25) is 9.69 Å². The smallest absolute Gasteiger partial charge is 0.416 e. The average Bonchev–Trinajstić information content (AvgIpc) is 3.09. The third-order valence-electron chi connectivity index (χ3n) is 7.63. The summed E-state index contributed by atoms with van der Waals surface area (Å²) >= 11 is 0. The fraction of sp³-hybridized carbons (Fsp3) is 0.517. The normalized spacial score (nSPS) is 18.4. The standard InChI is InChI=1S/C29H29F9N2O4/c1-16-10-22-24(40(17(2)41)15-18-11-19(27(30,31)32)13-20(12-18)28(33,34)35)4-3-7-39(25(22)14-23(16)29(36,37)38)26(42)44-21-5-8-43-9-6-21/h10-14,21,24H,3-9,15H2,1-2H3. The van der Waals surface area contributed by atoms with E-state index in [4.69, 9.17) is 9.47 Å². The molecule has 2 aromatic carbocycles. The van der Waals surface area contributed by atoms with Crippen LogP contribution in [0.2, 0.25) is 0 Å². The largest absolute Gasteiger partial charge is 0.446 e. The molecule has 242 valence electrons. The highest BCUT2D eigenvalue weighted by Gasteiger charge is 2.40. The number of aryl methyl sites for hydroxylation is 1. The van der Waals surface area contributed by atoms with E-state index in [0.717, 1.165) is 28.9 Å². The van der Waals surface area contributed by atoms with Gasteiger partial charge in [0.15, 0.2) is 0 Å². The molecular formula is C29H29F9N2O4. The Hall–Kier alpha value is -3.49. The summed E-state index contributed by atoms with van der Waals surface area (Å²) in [5.41, 5.74) is -5.05. The number of carbonyl (C=O) groups excluding carboxylic acids is 2. The molecule has 1 atom stereocenters. The first-order chi connectivity index (χ1) is 20.4. The van der Waals surface area contributed by atoms with Gasteiger partial charge in [0.25, 0.3) is 0 Å². The molecule has 0 N–H and O–H groups in total. The number of hydrogen-bond donors (Lipinski definition) is 0. The molecule has 1 fully saturated rings. The van der Waals surface area contributed by atoms with Gasteiger partial charge in [-0.1, -0.05) is 6.07 Å². The molecule has 2 aliphatic heterocycles. The van der Waals surface area contributed by atoms with E-state index in [2.05, 4.69) is 0 Å². The number of rotatable bonds is 4. The molecule has 2 aliphatic rings. The lowest BCUT2D eigenvalue weighted by atomic mass is 9.94. The quantitative estimate of drug-likeness (QED) is 0.318. The monoisotopic (exact) mass is 640 g/mol. The van der Waals surface area contributed by atoms with Gasteiger partial charge in [0.1, 0.15) is 6.10 Å². The second kappa shape index (κ2) is 12.5. The van der Waals surface area contributed by atoms with Crippen molar-refractivity contribution >= 4 is 17.7 Å². The van der Waals surface area contributed by atoms with Crippen molar-refractivity contribution in [1.82, 2.24) is 4.90 Å². The van der Waals surface area contributed by atoms with Gasteiger partial charge in [-0.25, -0.2) is 4.79 Å². The Kier molecular flexibility index (Phi) is 9.48. The van der Waals surface area contributed by atoms with Crippen molar-refractivity contribution in [1.29, 1.82) is 0 Å². The first-order valence-corrected chi connectivity index (χ1v) is 13.7. The van der Waals surface area contributed by atoms with Crippen LogP contribution >= 0.6 is 0 Å². The van der Waals surface area contributed by atoms with Crippen LogP contribution in [0, 0.1) is 6.92 Å². The topological polar surface area (TPSA) is 59.1 Å². The second-order valence-corrected chi connectivity index (χ2v) is 10.8. The summed E-state index contributed by atoms with van der Waals surface area (Å²) in [6.45, 7) is 2.06. The molecule has 1 saturated heterocycles. The van der Waals surface area contributed by atoms with Crippen LogP contribution in [0.3, 0.4) is 0 Å². The van der Waals surface area contributed by atoms with Crippen LogP contribution in [0.25, 0.3) is 0 Å². The summed E-state index contributed by atoms with van der Waals surface area (Å²) in [5.74, 6) is -0.747. The van der Waals surface area contributed by atoms with E-state index in [9.17, 15) is 49.1 Å². The Morgan fingerprint density at radius 3 is 2.00 bits per heavy atom. The average molecular weight is 641 g/mol. The fourth-order valence-corrected chi connectivity index (χ4v) is 5.51. The molecule has 15 heteroatoms. The number of fused-ring (bicyclic) bond motifs is 1. The van der Waals surface area contributed by atoms with E-state index in [1.165, 1.54) is 6.92 Å². The number of benzene rings is 2. The molecule has 44 heavy (non-hydrogen) atoms. The number of alkyl halides is 9. The van der Waals surface area contributed by atoms with Gasteiger partial charge in [-0.15, -0.1) is 0 Å². The van der Waals surface area contributed by atoms with E-state index in [1.807, 2.05) is 0 Å². The number of amides is 2. The lowest BCUT2D eigenvalue weighted by molar-refractivity contribution is -0.143. The number of carbonyl (C=O) groups is 2. The molecule has 0 radical (unpaired) electrons. The molecule has 0 aromatic heterocycles. The SMILES string of the molecule is CC(=O)N(Cc1cc(C(F)(F)F)cc(C(F)(F)F)c1)C1CCCN(C(=O)OC2CCOCC2)c2cc(C(F)(F)F)c(C)cc21. The molecule has 0 saturated carbocycles. The number of ether oxygens (including phenoxy) is 2. The third kappa shape index (κ3) is 7.59. The maximum atomic E-state index is 14.0. The van der Waals surface area contributed by atoms with Gasteiger partial charge in [-0.2, -0.15) is 39.5 Å². The first-order valence-electron chi connectivity index (χ1n) is 13.7. The van der Waals surface area contributed by atoms with Gasteiger partial charge in [0.05, 0.1) is 41.6 Å². The van der Waals surface area contributed by atoms with Crippen LogP contribution in [-0.2, 0) is 39.3 Å². The minimum absolute atomic E-state index is 0.0352. The molecular weight excluding hydrogens is 611 g/mol. The van der Waals surface area contributed by atoms with Crippen LogP contribution in [0.4, 0.5) is 50.0 Å². The van der Waals surface area contributed by atoms with E-state index in [1.54, 1.807) is 0 Å². The fourth-order valence-electron chi connectivity index (χ4n) is 5.51. The number of halogens is 9. The summed E-state index contributed by atoms with van der Waals surface area (Å²) in [6.07, 6.45) is -15.6. The van der Waals surface area contributed by atoms with Gasteiger partial charge < -0.3 is 14.4 Å². The zero-order valence-electron chi connectivity index (χ0n) is 23.6. The predicted octanol–water partition coefficient (Wildman–Crippen LogP) is 8.06. The van der Waals surface area contributed by atoms with Crippen molar-refractivity contribution in [3.8, 4) is 0 Å². The van der Waals surface area contributed by atoms with Crippen molar-refractivity contribution in [2.75, 3.05) is 24.7 Å². The number of anilines is 1. The summed E-state index contributed by atoms with van der Waals surface area (Å²) < 4.78 is 134. The Balaban J connectivity index is 1.80. The van der Waals surface area contributed by atoms with Gasteiger partial charge >= 0.3 is 24.6 Å². The Bertz CT molecular complexity index is 1350. The molecule has 2 aromatic rings. The lowest BCUT2D eigenvalue weighted by Gasteiger charge is -2.33. The molecule has 1 unspecified atom stereocenters.